The zero-order valence-electron chi connectivity index (χ0n) is 27.4. The van der Waals surface area contributed by atoms with Crippen LogP contribution in [-0.2, 0) is 32.6 Å². The fourth-order valence-corrected chi connectivity index (χ4v) is 7.34. The number of hydrogen-bond donors (Lipinski definition) is 1. The highest BCUT2D eigenvalue weighted by atomic mass is 35.5. The summed E-state index contributed by atoms with van der Waals surface area (Å²) in [6.45, 7) is 2.56. The van der Waals surface area contributed by atoms with Crippen molar-refractivity contribution in [2.45, 2.75) is 44.2 Å². The molecule has 2 amide bonds. The minimum Gasteiger partial charge on any atom is -0.495 e. The second-order valence-electron chi connectivity index (χ2n) is 11.3. The molecule has 0 aromatic heterocycles. The maximum absolute atomic E-state index is 14.7. The normalized spacial score (nSPS) is 11.8. The first-order valence-corrected chi connectivity index (χ1v) is 18.0. The third-order valence-corrected chi connectivity index (χ3v) is 10.6. The van der Waals surface area contributed by atoms with Crippen molar-refractivity contribution in [2.75, 3.05) is 24.5 Å². The van der Waals surface area contributed by atoms with Gasteiger partial charge in [-0.25, -0.2) is 8.42 Å². The number of halogens is 3. The van der Waals surface area contributed by atoms with Crippen LogP contribution in [0.25, 0.3) is 0 Å². The van der Waals surface area contributed by atoms with E-state index in [9.17, 15) is 28.1 Å². The van der Waals surface area contributed by atoms with Crippen LogP contribution in [0, 0.1) is 17.0 Å². The van der Waals surface area contributed by atoms with Gasteiger partial charge in [-0.15, -0.1) is 0 Å². The maximum Gasteiger partial charge on any atom is 0.273 e. The molecule has 0 spiro atoms. The molecule has 4 rings (SSSR count). The Morgan fingerprint density at radius 3 is 2.26 bits per heavy atom. The molecule has 0 aliphatic carbocycles. The molecule has 1 atom stereocenters. The second kappa shape index (κ2) is 17.0. The predicted octanol–water partition coefficient (Wildman–Crippen LogP) is 7.23. The minimum atomic E-state index is -4.72. The Labute approximate surface area is 305 Å². The fraction of sp³-hybridized carbons (Fsp3) is 0.257. The topological polar surface area (TPSA) is 139 Å². The van der Waals surface area contributed by atoms with Gasteiger partial charge in [-0.1, -0.05) is 84.2 Å². The van der Waals surface area contributed by atoms with E-state index in [1.165, 1.54) is 49.3 Å². The molecule has 0 aliphatic heterocycles. The molecule has 0 saturated carbocycles. The summed E-state index contributed by atoms with van der Waals surface area (Å²) in [7, 11) is -3.41. The lowest BCUT2D eigenvalue weighted by molar-refractivity contribution is -0.385. The van der Waals surface area contributed by atoms with Crippen LogP contribution in [0.1, 0.15) is 30.0 Å². The van der Waals surface area contributed by atoms with E-state index >= 15 is 0 Å². The van der Waals surface area contributed by atoms with Gasteiger partial charge in [0.2, 0.25) is 11.8 Å². The van der Waals surface area contributed by atoms with E-state index < -0.39 is 49.9 Å². The Balaban J connectivity index is 1.92. The van der Waals surface area contributed by atoms with Crippen LogP contribution in [0.3, 0.4) is 0 Å². The molecule has 0 aliphatic rings. The first-order chi connectivity index (χ1) is 23.8. The van der Waals surface area contributed by atoms with Gasteiger partial charge in [0.1, 0.15) is 18.3 Å². The highest BCUT2D eigenvalue weighted by molar-refractivity contribution is 7.92. The van der Waals surface area contributed by atoms with Crippen LogP contribution < -0.4 is 14.4 Å². The van der Waals surface area contributed by atoms with E-state index in [1.54, 1.807) is 30.3 Å². The standard InChI is InChI=1S/C35H35Cl3N4O7S/c1-4-17-39-35(44)32(18-24-9-6-5-7-10-24)40(21-27-28(37)11-8-12-29(27)38)34(43)22-41(31-19-25(36)14-16-33(31)49-3)50(47,48)26-15-13-23(2)30(20-26)42(45)46/h5-16,19-20,32H,4,17-18,21-22H2,1-3H3,(H,39,44)/t32-/m1/s1. The molecule has 15 heteroatoms. The van der Waals surface area contributed by atoms with Crippen LogP contribution in [0.15, 0.2) is 89.8 Å². The molecule has 50 heavy (non-hydrogen) atoms. The Morgan fingerprint density at radius 2 is 1.64 bits per heavy atom. The Hall–Kier alpha value is -4.36. The monoisotopic (exact) mass is 760 g/mol. The molecule has 0 saturated heterocycles. The number of carbonyl (C=O) groups is 2. The summed E-state index contributed by atoms with van der Waals surface area (Å²) in [6.07, 6.45) is 0.693. The van der Waals surface area contributed by atoms with Gasteiger partial charge in [0.15, 0.2) is 0 Å². The number of hydrogen-bond acceptors (Lipinski definition) is 7. The van der Waals surface area contributed by atoms with Crippen molar-refractivity contribution in [3.8, 4) is 5.75 Å². The molecular weight excluding hydrogens is 727 g/mol. The number of anilines is 1. The number of ether oxygens (including phenoxy) is 1. The first-order valence-electron chi connectivity index (χ1n) is 15.4. The zero-order chi connectivity index (χ0) is 36.6. The molecule has 0 heterocycles. The number of amides is 2. The van der Waals surface area contributed by atoms with Crippen LogP contribution in [0.2, 0.25) is 15.1 Å². The molecule has 0 bridgehead atoms. The summed E-state index contributed by atoms with van der Waals surface area (Å²) in [5.41, 5.74) is 0.777. The van der Waals surface area contributed by atoms with Crippen molar-refractivity contribution in [2.24, 2.45) is 0 Å². The zero-order valence-corrected chi connectivity index (χ0v) is 30.5. The van der Waals surface area contributed by atoms with Crippen LogP contribution in [0.5, 0.6) is 5.75 Å². The summed E-state index contributed by atoms with van der Waals surface area (Å²) in [4.78, 5) is 40.5. The van der Waals surface area contributed by atoms with Gasteiger partial charge >= 0.3 is 0 Å². The fourth-order valence-electron chi connectivity index (χ4n) is 5.22. The van der Waals surface area contributed by atoms with Gasteiger partial charge in [-0.3, -0.25) is 24.0 Å². The predicted molar refractivity (Wildman–Crippen MR) is 195 cm³/mol. The van der Waals surface area contributed by atoms with Gasteiger partial charge in [0, 0.05) is 51.8 Å². The second-order valence-corrected chi connectivity index (χ2v) is 14.4. The molecule has 11 nitrogen and oxygen atoms in total. The van der Waals surface area contributed by atoms with E-state index in [1.807, 2.05) is 25.1 Å². The summed E-state index contributed by atoms with van der Waals surface area (Å²) in [5.74, 6) is -1.23. The number of nitro benzene ring substituents is 1. The van der Waals surface area contributed by atoms with Crippen LogP contribution in [0.4, 0.5) is 11.4 Å². The highest BCUT2D eigenvalue weighted by Gasteiger charge is 2.36. The van der Waals surface area contributed by atoms with E-state index in [4.69, 9.17) is 39.5 Å². The van der Waals surface area contributed by atoms with Gasteiger partial charge in [0.05, 0.1) is 22.6 Å². The third kappa shape index (κ3) is 9.05. The molecule has 0 unspecified atom stereocenters. The molecule has 0 radical (unpaired) electrons. The Morgan fingerprint density at radius 1 is 0.960 bits per heavy atom. The molecule has 4 aromatic rings. The maximum atomic E-state index is 14.7. The molecule has 1 N–H and O–H groups in total. The van der Waals surface area contributed by atoms with Crippen LogP contribution >= 0.6 is 34.8 Å². The van der Waals surface area contributed by atoms with Crippen molar-refractivity contribution in [1.29, 1.82) is 0 Å². The number of rotatable bonds is 15. The largest absolute Gasteiger partial charge is 0.495 e. The smallest absolute Gasteiger partial charge is 0.273 e. The number of aryl methyl sites for hydroxylation is 1. The summed E-state index contributed by atoms with van der Waals surface area (Å²) in [5, 5.41) is 15.2. The highest BCUT2D eigenvalue weighted by Crippen LogP contribution is 2.36. The van der Waals surface area contributed by atoms with E-state index in [0.717, 1.165) is 15.9 Å². The summed E-state index contributed by atoms with van der Waals surface area (Å²) in [6, 6.07) is 20.4. The molecule has 4 aromatic carbocycles. The number of nitrogens with one attached hydrogen (secondary N) is 1. The van der Waals surface area contributed by atoms with Crippen molar-refractivity contribution in [3.63, 3.8) is 0 Å². The number of nitrogens with zero attached hydrogens (tertiary/aromatic N) is 3. The molecule has 264 valence electrons. The van der Waals surface area contributed by atoms with E-state index in [0.29, 0.717) is 18.5 Å². The molecular formula is C35H35Cl3N4O7S. The van der Waals surface area contributed by atoms with Crippen LogP contribution in [-0.4, -0.2) is 56.3 Å². The Bertz CT molecular complexity index is 1960. The summed E-state index contributed by atoms with van der Waals surface area (Å²) >= 11 is 19.4. The van der Waals surface area contributed by atoms with E-state index in [2.05, 4.69) is 5.32 Å². The first kappa shape index (κ1) is 38.4. The average Bonchev–Trinajstić information content (AvgIpc) is 3.09. The number of methoxy groups -OCH3 is 1. The molecule has 0 fully saturated rings. The van der Waals surface area contributed by atoms with E-state index in [-0.39, 0.29) is 45.0 Å². The lowest BCUT2D eigenvalue weighted by atomic mass is 10.0. The van der Waals surface area contributed by atoms with Crippen molar-refractivity contribution in [3.05, 3.63) is 127 Å². The number of nitro groups is 1. The lowest BCUT2D eigenvalue weighted by Crippen LogP contribution is -2.53. The van der Waals surface area contributed by atoms with Crippen molar-refractivity contribution >= 4 is 68.0 Å². The lowest BCUT2D eigenvalue weighted by Gasteiger charge is -2.34. The van der Waals surface area contributed by atoms with Gasteiger partial charge < -0.3 is 15.0 Å². The van der Waals surface area contributed by atoms with Gasteiger partial charge in [-0.2, -0.15) is 0 Å². The average molecular weight is 762 g/mol. The Kier molecular flexibility index (Phi) is 13.1. The third-order valence-electron chi connectivity index (χ3n) is 7.86. The minimum absolute atomic E-state index is 0.0506. The van der Waals surface area contributed by atoms with Crippen molar-refractivity contribution < 1.29 is 27.7 Å². The van der Waals surface area contributed by atoms with Crippen molar-refractivity contribution in [1.82, 2.24) is 10.2 Å². The number of sulfonamides is 1. The number of benzene rings is 4. The summed E-state index contributed by atoms with van der Waals surface area (Å²) < 4.78 is 35.2. The van der Waals surface area contributed by atoms with Gasteiger partial charge in [-0.05, 0) is 55.3 Å². The van der Waals surface area contributed by atoms with Gasteiger partial charge in [0.25, 0.3) is 15.7 Å². The quantitative estimate of drug-likeness (QED) is 0.0996. The SMILES string of the molecule is CCCNC(=O)[C@@H](Cc1ccccc1)N(Cc1c(Cl)cccc1Cl)C(=O)CN(c1cc(Cl)ccc1OC)S(=O)(=O)c1ccc(C)c([N+](=O)[O-])c1. The number of carbonyl (C=O) groups excluding carboxylic acids is 2.